The molecular weight excluding hydrogens is 256 g/mol. The van der Waals surface area contributed by atoms with E-state index in [2.05, 4.69) is 20.2 Å². The fraction of sp³-hybridized carbons (Fsp3) is 0.143. The molecule has 0 unspecified atom stereocenters. The van der Waals surface area contributed by atoms with E-state index in [1.807, 2.05) is 30.3 Å². The zero-order valence-corrected chi connectivity index (χ0v) is 10.8. The second-order valence-electron chi connectivity index (χ2n) is 4.10. The summed E-state index contributed by atoms with van der Waals surface area (Å²) >= 11 is 0. The van der Waals surface area contributed by atoms with E-state index in [4.69, 9.17) is 4.74 Å². The molecule has 3 rings (SSSR count). The fourth-order valence-electron chi connectivity index (χ4n) is 1.97. The Hall–Kier alpha value is -2.76. The van der Waals surface area contributed by atoms with Crippen LogP contribution in [-0.2, 0) is 4.74 Å². The van der Waals surface area contributed by atoms with Crippen LogP contribution < -0.4 is 0 Å². The van der Waals surface area contributed by atoms with Crippen molar-refractivity contribution in [3.8, 4) is 11.4 Å². The van der Waals surface area contributed by atoms with Crippen molar-refractivity contribution >= 4 is 16.9 Å². The molecule has 2 aromatic heterocycles. The zero-order chi connectivity index (χ0) is 13.9. The number of carbonyl (C=O) groups excluding carboxylic acids is 1. The molecule has 0 amide bonds. The van der Waals surface area contributed by atoms with Gasteiger partial charge in [-0.05, 0) is 19.1 Å². The van der Waals surface area contributed by atoms with Gasteiger partial charge in [-0.1, -0.05) is 18.2 Å². The van der Waals surface area contributed by atoms with Crippen LogP contribution in [0.1, 0.15) is 17.5 Å². The predicted octanol–water partition coefficient (Wildman–Crippen LogP) is 2.20. The smallest absolute Gasteiger partial charge is 0.375 e. The SMILES string of the molecule is CCOC(=O)c1nc(-c2cccc3ncccc23)n[nH]1. The average molecular weight is 268 g/mol. The van der Waals surface area contributed by atoms with E-state index in [1.165, 1.54) is 0 Å². The van der Waals surface area contributed by atoms with Crippen LogP contribution in [0.25, 0.3) is 22.3 Å². The molecule has 6 nitrogen and oxygen atoms in total. The first-order valence-electron chi connectivity index (χ1n) is 6.23. The molecule has 0 radical (unpaired) electrons. The summed E-state index contributed by atoms with van der Waals surface area (Å²) in [4.78, 5) is 20.0. The summed E-state index contributed by atoms with van der Waals surface area (Å²) in [5.74, 6) is 0.0407. The Morgan fingerprint density at radius 1 is 1.30 bits per heavy atom. The number of carbonyl (C=O) groups is 1. The molecule has 0 aliphatic heterocycles. The van der Waals surface area contributed by atoms with Gasteiger partial charge in [-0.2, -0.15) is 5.10 Å². The third kappa shape index (κ3) is 2.11. The largest absolute Gasteiger partial charge is 0.460 e. The quantitative estimate of drug-likeness (QED) is 0.736. The van der Waals surface area contributed by atoms with Crippen molar-refractivity contribution in [1.82, 2.24) is 20.2 Å². The molecule has 0 atom stereocenters. The molecule has 6 heteroatoms. The summed E-state index contributed by atoms with van der Waals surface area (Å²) in [6.45, 7) is 2.04. The maximum atomic E-state index is 11.6. The molecule has 0 saturated heterocycles. The van der Waals surface area contributed by atoms with Crippen molar-refractivity contribution in [2.75, 3.05) is 6.61 Å². The Morgan fingerprint density at radius 2 is 2.20 bits per heavy atom. The molecule has 0 aliphatic carbocycles. The molecule has 1 N–H and O–H groups in total. The zero-order valence-electron chi connectivity index (χ0n) is 10.8. The van der Waals surface area contributed by atoms with Gasteiger partial charge in [-0.15, -0.1) is 0 Å². The van der Waals surface area contributed by atoms with Gasteiger partial charge in [0.25, 0.3) is 0 Å². The molecule has 0 spiro atoms. The van der Waals surface area contributed by atoms with Gasteiger partial charge in [-0.3, -0.25) is 10.1 Å². The van der Waals surface area contributed by atoms with E-state index in [0.29, 0.717) is 12.4 Å². The lowest BCUT2D eigenvalue weighted by Crippen LogP contribution is -2.06. The molecular formula is C14H12N4O2. The highest BCUT2D eigenvalue weighted by Crippen LogP contribution is 2.24. The first-order chi connectivity index (χ1) is 9.79. The van der Waals surface area contributed by atoms with Gasteiger partial charge in [0.2, 0.25) is 5.82 Å². The van der Waals surface area contributed by atoms with Crippen molar-refractivity contribution in [2.45, 2.75) is 6.92 Å². The normalized spacial score (nSPS) is 10.7. The standard InChI is InChI=1S/C14H12N4O2/c1-2-20-14(19)13-16-12(17-18-13)10-5-3-7-11-9(10)6-4-8-15-11/h3-8H,2H2,1H3,(H,16,17,18). The van der Waals surface area contributed by atoms with Gasteiger partial charge in [0, 0.05) is 17.1 Å². The number of hydrogen-bond acceptors (Lipinski definition) is 5. The number of rotatable bonds is 3. The number of pyridine rings is 1. The first kappa shape index (κ1) is 12.3. The molecule has 1 aromatic carbocycles. The second kappa shape index (κ2) is 5.08. The highest BCUT2D eigenvalue weighted by atomic mass is 16.5. The fourth-order valence-corrected chi connectivity index (χ4v) is 1.97. The van der Waals surface area contributed by atoms with E-state index >= 15 is 0 Å². The summed E-state index contributed by atoms with van der Waals surface area (Å²) in [5.41, 5.74) is 1.68. The Morgan fingerprint density at radius 3 is 3.05 bits per heavy atom. The summed E-state index contributed by atoms with van der Waals surface area (Å²) in [5, 5.41) is 7.61. The first-order valence-corrected chi connectivity index (χ1v) is 6.23. The van der Waals surface area contributed by atoms with Crippen molar-refractivity contribution in [3.05, 3.63) is 42.4 Å². The maximum Gasteiger partial charge on any atom is 0.375 e. The van der Waals surface area contributed by atoms with Gasteiger partial charge < -0.3 is 4.74 Å². The van der Waals surface area contributed by atoms with Crippen LogP contribution in [0, 0.1) is 0 Å². The van der Waals surface area contributed by atoms with Gasteiger partial charge in [-0.25, -0.2) is 9.78 Å². The van der Waals surface area contributed by atoms with E-state index < -0.39 is 5.97 Å². The number of hydrogen-bond donors (Lipinski definition) is 1. The van der Waals surface area contributed by atoms with Gasteiger partial charge in [0.1, 0.15) is 0 Å². The Bertz CT molecular complexity index is 761. The minimum atomic E-state index is -0.510. The Kier molecular flexibility index (Phi) is 3.12. The Balaban J connectivity index is 2.06. The molecule has 0 saturated carbocycles. The second-order valence-corrected chi connectivity index (χ2v) is 4.10. The van der Waals surface area contributed by atoms with Crippen LogP contribution in [0.2, 0.25) is 0 Å². The monoisotopic (exact) mass is 268 g/mol. The molecule has 0 fully saturated rings. The predicted molar refractivity (Wildman–Crippen MR) is 73.1 cm³/mol. The third-order valence-corrected chi connectivity index (χ3v) is 2.84. The number of aromatic nitrogens is 4. The van der Waals surface area contributed by atoms with Crippen molar-refractivity contribution in [3.63, 3.8) is 0 Å². The van der Waals surface area contributed by atoms with Crippen molar-refractivity contribution in [2.24, 2.45) is 0 Å². The number of esters is 1. The van der Waals surface area contributed by atoms with Crippen molar-refractivity contribution < 1.29 is 9.53 Å². The lowest BCUT2D eigenvalue weighted by atomic mass is 10.1. The highest BCUT2D eigenvalue weighted by Gasteiger charge is 2.15. The van der Waals surface area contributed by atoms with E-state index in [-0.39, 0.29) is 5.82 Å². The number of nitrogens with zero attached hydrogens (tertiary/aromatic N) is 3. The number of nitrogens with one attached hydrogen (secondary N) is 1. The van der Waals surface area contributed by atoms with Gasteiger partial charge in [0.05, 0.1) is 12.1 Å². The minimum Gasteiger partial charge on any atom is -0.460 e. The summed E-state index contributed by atoms with van der Waals surface area (Å²) in [6, 6.07) is 9.48. The van der Waals surface area contributed by atoms with Gasteiger partial charge in [0.15, 0.2) is 5.82 Å². The number of H-pyrrole nitrogens is 1. The molecule has 0 bridgehead atoms. The number of ether oxygens (including phenoxy) is 1. The van der Waals surface area contributed by atoms with Crippen LogP contribution in [0.4, 0.5) is 0 Å². The molecule has 20 heavy (non-hydrogen) atoms. The minimum absolute atomic E-state index is 0.0998. The average Bonchev–Trinajstić information content (AvgIpc) is 2.97. The van der Waals surface area contributed by atoms with E-state index in [9.17, 15) is 4.79 Å². The summed E-state index contributed by atoms with van der Waals surface area (Å²) in [7, 11) is 0. The number of fused-ring (bicyclic) bond motifs is 1. The van der Waals surface area contributed by atoms with Gasteiger partial charge >= 0.3 is 5.97 Å². The van der Waals surface area contributed by atoms with Crippen molar-refractivity contribution in [1.29, 1.82) is 0 Å². The lowest BCUT2D eigenvalue weighted by Gasteiger charge is -2.01. The molecule has 100 valence electrons. The summed E-state index contributed by atoms with van der Waals surface area (Å²) < 4.78 is 4.88. The molecule has 2 heterocycles. The Labute approximate surface area is 114 Å². The summed E-state index contributed by atoms with van der Waals surface area (Å²) in [6.07, 6.45) is 1.73. The van der Waals surface area contributed by atoms with E-state index in [0.717, 1.165) is 16.5 Å². The van der Waals surface area contributed by atoms with E-state index in [1.54, 1.807) is 13.1 Å². The third-order valence-electron chi connectivity index (χ3n) is 2.84. The topological polar surface area (TPSA) is 80.8 Å². The molecule has 3 aromatic rings. The number of aromatic amines is 1. The lowest BCUT2D eigenvalue weighted by molar-refractivity contribution is 0.0512. The van der Waals surface area contributed by atoms with Crippen LogP contribution >= 0.6 is 0 Å². The highest BCUT2D eigenvalue weighted by molar-refractivity contribution is 5.93. The molecule has 0 aliphatic rings. The van der Waals surface area contributed by atoms with Crippen LogP contribution in [-0.4, -0.2) is 32.7 Å². The van der Waals surface area contributed by atoms with Crippen LogP contribution in [0.5, 0.6) is 0 Å². The van der Waals surface area contributed by atoms with Crippen LogP contribution in [0.3, 0.4) is 0 Å². The van der Waals surface area contributed by atoms with Crippen LogP contribution in [0.15, 0.2) is 36.5 Å². The maximum absolute atomic E-state index is 11.6. The number of benzene rings is 1.